The number of hydrogen-bond acceptors (Lipinski definition) is 2. The van der Waals surface area contributed by atoms with Gasteiger partial charge < -0.3 is 0 Å². The Morgan fingerprint density at radius 1 is 0.771 bits per heavy atom. The Hall–Kier alpha value is -1.48. The maximum absolute atomic E-state index is 13.5. The van der Waals surface area contributed by atoms with Crippen molar-refractivity contribution in [2.24, 2.45) is 0 Å². The van der Waals surface area contributed by atoms with Gasteiger partial charge >= 0.3 is 144 Å². The predicted molar refractivity (Wildman–Crippen MR) is 149 cm³/mol. The molecular formula is C27H39BrF2N4Sn. The van der Waals surface area contributed by atoms with Gasteiger partial charge in [-0.05, 0) is 22.0 Å². The topological polar surface area (TPSA) is 34.6 Å². The summed E-state index contributed by atoms with van der Waals surface area (Å²) >= 11 is 0.779. The SMILES string of the molecule is C.CCC[CH2][Sn]([CH2]CCC)([CH2]CCC)[c]1cnc2cc(F)ccn12.Fc1ccn2c(Br)cnc2c1. The van der Waals surface area contributed by atoms with Crippen molar-refractivity contribution in [2.75, 3.05) is 0 Å². The summed E-state index contributed by atoms with van der Waals surface area (Å²) in [6, 6.07) is 5.91. The van der Waals surface area contributed by atoms with Crippen molar-refractivity contribution in [3.05, 3.63) is 65.3 Å². The Morgan fingerprint density at radius 3 is 1.74 bits per heavy atom. The molecule has 4 aromatic heterocycles. The van der Waals surface area contributed by atoms with Crippen LogP contribution < -0.4 is 3.71 Å². The predicted octanol–water partition coefficient (Wildman–Crippen LogP) is 8.40. The van der Waals surface area contributed by atoms with Gasteiger partial charge in [-0.3, -0.25) is 4.40 Å². The second-order valence-electron chi connectivity index (χ2n) is 8.96. The van der Waals surface area contributed by atoms with E-state index in [1.54, 1.807) is 28.9 Å². The first-order chi connectivity index (χ1) is 16.4. The quantitative estimate of drug-likeness (QED) is 0.161. The van der Waals surface area contributed by atoms with Crippen LogP contribution in [0.25, 0.3) is 11.3 Å². The molecule has 0 amide bonds. The van der Waals surface area contributed by atoms with Crippen LogP contribution in [0.1, 0.15) is 66.7 Å². The largest absolute Gasteiger partial charge is 0.294 e. The fourth-order valence-electron chi connectivity index (χ4n) is 4.58. The molecule has 0 fully saturated rings. The van der Waals surface area contributed by atoms with E-state index in [1.165, 1.54) is 67.7 Å². The van der Waals surface area contributed by atoms with Crippen molar-refractivity contribution in [2.45, 2.75) is 80.0 Å². The number of fused-ring (bicyclic) bond motifs is 2. The third-order valence-corrected chi connectivity index (χ3v) is 22.4. The second kappa shape index (κ2) is 14.3. The Labute approximate surface area is 221 Å². The molecule has 0 saturated heterocycles. The molecule has 0 radical (unpaired) electrons. The Morgan fingerprint density at radius 2 is 1.23 bits per heavy atom. The van der Waals surface area contributed by atoms with Gasteiger partial charge in [0, 0.05) is 12.3 Å². The molecule has 0 atom stereocenters. The molecular weight excluding hydrogens is 617 g/mol. The van der Waals surface area contributed by atoms with Crippen molar-refractivity contribution in [3.63, 3.8) is 0 Å². The van der Waals surface area contributed by atoms with E-state index in [0.717, 1.165) is 10.3 Å². The molecule has 0 aliphatic rings. The number of halogens is 3. The van der Waals surface area contributed by atoms with Gasteiger partial charge in [-0.1, -0.05) is 7.43 Å². The molecule has 0 N–H and O–H groups in total. The molecule has 0 aliphatic carbocycles. The van der Waals surface area contributed by atoms with E-state index in [9.17, 15) is 8.78 Å². The van der Waals surface area contributed by atoms with Gasteiger partial charge in [0.25, 0.3) is 0 Å². The monoisotopic (exact) mass is 656 g/mol. The summed E-state index contributed by atoms with van der Waals surface area (Å²) in [6.45, 7) is 6.88. The zero-order chi connectivity index (χ0) is 24.6. The average Bonchev–Trinajstić information content (AvgIpc) is 3.42. The molecule has 35 heavy (non-hydrogen) atoms. The zero-order valence-corrected chi connectivity index (χ0v) is 24.8. The number of aromatic nitrogens is 4. The molecule has 4 rings (SSSR count). The molecule has 8 heteroatoms. The molecule has 0 aromatic carbocycles. The normalized spacial score (nSPS) is 11.4. The molecule has 0 unspecified atom stereocenters. The van der Waals surface area contributed by atoms with E-state index in [4.69, 9.17) is 0 Å². The van der Waals surface area contributed by atoms with E-state index in [-0.39, 0.29) is 19.1 Å². The van der Waals surface area contributed by atoms with Crippen LogP contribution in [-0.4, -0.2) is 37.1 Å². The fourth-order valence-corrected chi connectivity index (χ4v) is 21.1. The minimum absolute atomic E-state index is 0. The fraction of sp³-hybridized carbons (Fsp3) is 0.481. The van der Waals surface area contributed by atoms with E-state index in [0.29, 0.717) is 5.65 Å². The van der Waals surface area contributed by atoms with Crippen LogP contribution in [0.3, 0.4) is 0 Å². The van der Waals surface area contributed by atoms with Crippen molar-refractivity contribution in [1.29, 1.82) is 0 Å². The van der Waals surface area contributed by atoms with Gasteiger partial charge in [-0.15, -0.1) is 0 Å². The van der Waals surface area contributed by atoms with Gasteiger partial charge in [0.05, 0.1) is 6.20 Å². The Balaban J connectivity index is 0.000000300. The molecule has 0 spiro atoms. The van der Waals surface area contributed by atoms with Crippen LogP contribution >= 0.6 is 15.9 Å². The average molecular weight is 656 g/mol. The maximum Gasteiger partial charge on any atom is 0.140 e. The van der Waals surface area contributed by atoms with E-state index >= 15 is 0 Å². The van der Waals surface area contributed by atoms with Crippen LogP contribution in [0.2, 0.25) is 13.3 Å². The van der Waals surface area contributed by atoms with Crippen LogP contribution in [0, 0.1) is 11.6 Å². The third kappa shape index (κ3) is 7.51. The number of rotatable bonds is 10. The van der Waals surface area contributed by atoms with Crippen molar-refractivity contribution in [1.82, 2.24) is 18.8 Å². The van der Waals surface area contributed by atoms with Crippen LogP contribution in [0.4, 0.5) is 8.78 Å². The number of unbranched alkanes of at least 4 members (excludes halogenated alkanes) is 3. The van der Waals surface area contributed by atoms with Crippen LogP contribution in [-0.2, 0) is 0 Å². The standard InChI is InChI=1S/C7H4BrFN2.C7H4FN2.3C4H9.CH4.Sn/c8-6-4-10-7-3-5(9)1-2-11(6)7;8-6-1-3-10-4-2-9-7(10)5-6;3*1-3-4-2;;/h1-4H;1-3,5H;3*1,3-4H2,2H3;1H4;. The minimum Gasteiger partial charge on any atom is -0.294 e. The summed E-state index contributed by atoms with van der Waals surface area (Å²) in [7, 11) is 0. The Kier molecular flexibility index (Phi) is 12.2. The van der Waals surface area contributed by atoms with E-state index < -0.39 is 18.4 Å². The third-order valence-electron chi connectivity index (χ3n) is 6.48. The van der Waals surface area contributed by atoms with Crippen molar-refractivity contribution in [3.8, 4) is 0 Å². The second-order valence-corrected chi connectivity index (χ2v) is 22.8. The molecule has 0 aliphatic heterocycles. The summed E-state index contributed by atoms with van der Waals surface area (Å²) in [6.07, 6.45) is 15.0. The van der Waals surface area contributed by atoms with Gasteiger partial charge in [-0.2, -0.15) is 0 Å². The van der Waals surface area contributed by atoms with E-state index in [2.05, 4.69) is 57.3 Å². The van der Waals surface area contributed by atoms with Crippen LogP contribution in [0.15, 0.2) is 53.7 Å². The molecule has 4 nitrogen and oxygen atoms in total. The first-order valence-corrected chi connectivity index (χ1v) is 20.6. The summed E-state index contributed by atoms with van der Waals surface area (Å²) in [5, 5.41) is 0. The molecule has 0 bridgehead atoms. The number of hydrogen-bond donors (Lipinski definition) is 0. The van der Waals surface area contributed by atoms with Crippen molar-refractivity contribution < 1.29 is 8.78 Å². The Bertz CT molecular complexity index is 1170. The van der Waals surface area contributed by atoms with Crippen molar-refractivity contribution >= 4 is 49.3 Å². The molecule has 4 heterocycles. The number of imidazole rings is 2. The van der Waals surface area contributed by atoms with Gasteiger partial charge in [0.15, 0.2) is 0 Å². The molecule has 4 aromatic rings. The molecule has 0 saturated carbocycles. The summed E-state index contributed by atoms with van der Waals surface area (Å²) < 4.78 is 36.6. The number of pyridine rings is 2. The zero-order valence-electron chi connectivity index (χ0n) is 20.4. The van der Waals surface area contributed by atoms with E-state index in [1.807, 2.05) is 6.20 Å². The summed E-state index contributed by atoms with van der Waals surface area (Å²) in [5.41, 5.74) is 1.39. The minimum atomic E-state index is -2.49. The van der Waals surface area contributed by atoms with Crippen LogP contribution in [0.5, 0.6) is 0 Å². The summed E-state index contributed by atoms with van der Waals surface area (Å²) in [4.78, 5) is 8.50. The maximum atomic E-state index is 13.5. The molecule has 192 valence electrons. The number of nitrogens with zero attached hydrogens (tertiary/aromatic N) is 4. The smallest absolute Gasteiger partial charge is 0.140 e. The van der Waals surface area contributed by atoms with Gasteiger partial charge in [0.2, 0.25) is 0 Å². The first kappa shape index (κ1) is 29.7. The summed E-state index contributed by atoms with van der Waals surface area (Å²) in [5.74, 6) is -0.457. The first-order valence-electron chi connectivity index (χ1n) is 12.3. The van der Waals surface area contributed by atoms with Gasteiger partial charge in [0.1, 0.15) is 16.1 Å². The van der Waals surface area contributed by atoms with Gasteiger partial charge in [-0.25, -0.2) is 9.37 Å².